The summed E-state index contributed by atoms with van der Waals surface area (Å²) in [5.41, 5.74) is 0.291. The molecule has 0 saturated carbocycles. The quantitative estimate of drug-likeness (QED) is 0.809. The van der Waals surface area contributed by atoms with Crippen LogP contribution in [0.3, 0.4) is 0 Å². The van der Waals surface area contributed by atoms with E-state index in [1.54, 1.807) is 36.4 Å². The van der Waals surface area contributed by atoms with Crippen molar-refractivity contribution in [3.63, 3.8) is 0 Å². The number of amides is 3. The number of carbonyl (C=O) groups excluding carboxylic acids is 3. The van der Waals surface area contributed by atoms with E-state index in [1.165, 1.54) is 0 Å². The second-order valence-corrected chi connectivity index (χ2v) is 9.47. The minimum absolute atomic E-state index is 0.0311. The summed E-state index contributed by atoms with van der Waals surface area (Å²) in [5, 5.41) is 2.73. The third-order valence-electron chi connectivity index (χ3n) is 5.60. The molecule has 0 bridgehead atoms. The number of alkyl carbamates (subject to hydrolysis) is 1. The second-order valence-electron chi connectivity index (χ2n) is 9.47. The average Bonchev–Trinajstić information content (AvgIpc) is 3.18. The summed E-state index contributed by atoms with van der Waals surface area (Å²) >= 11 is 0. The van der Waals surface area contributed by atoms with E-state index in [9.17, 15) is 14.4 Å². The summed E-state index contributed by atoms with van der Waals surface area (Å²) in [5.74, 6) is 0.538. The molecule has 1 unspecified atom stereocenters. The van der Waals surface area contributed by atoms with Crippen molar-refractivity contribution in [3.8, 4) is 0 Å². The second kappa shape index (κ2) is 8.28. The Morgan fingerprint density at radius 2 is 1.87 bits per heavy atom. The molecule has 3 heterocycles. The number of fused-ring (bicyclic) bond motifs is 1. The Morgan fingerprint density at radius 1 is 1.23 bits per heavy atom. The summed E-state index contributed by atoms with van der Waals surface area (Å²) in [6.07, 6.45) is 2.59. The standard InChI is InChI=1S/C21H33N5O4/c1-13(2)17(23-19(28)30-21(4,5)6)18(27)24-9-7-15(8-10-24)25-12-16-11-22-14(3)26(16)20(25)29/h11,13,15,17H,7-10,12H2,1-6H3,(H,23,28). The lowest BCUT2D eigenvalue weighted by Crippen LogP contribution is -2.55. The maximum atomic E-state index is 13.1. The van der Waals surface area contributed by atoms with E-state index in [4.69, 9.17) is 4.74 Å². The van der Waals surface area contributed by atoms with E-state index >= 15 is 0 Å². The molecule has 1 atom stereocenters. The molecule has 9 heteroatoms. The maximum absolute atomic E-state index is 13.1. The first-order valence-corrected chi connectivity index (χ1v) is 10.6. The molecule has 30 heavy (non-hydrogen) atoms. The van der Waals surface area contributed by atoms with Crippen molar-refractivity contribution in [2.24, 2.45) is 5.92 Å². The van der Waals surface area contributed by atoms with Gasteiger partial charge in [-0.1, -0.05) is 13.8 Å². The van der Waals surface area contributed by atoms with E-state index in [0.717, 1.165) is 5.69 Å². The molecule has 0 aromatic carbocycles. The number of aryl methyl sites for hydroxylation is 1. The van der Waals surface area contributed by atoms with Crippen LogP contribution in [-0.2, 0) is 16.1 Å². The number of piperidine rings is 1. The number of rotatable bonds is 4. The molecule has 2 aliphatic rings. The molecule has 3 amide bonds. The number of nitrogens with zero attached hydrogens (tertiary/aromatic N) is 4. The monoisotopic (exact) mass is 419 g/mol. The van der Waals surface area contributed by atoms with Crippen LogP contribution in [0.25, 0.3) is 0 Å². The van der Waals surface area contributed by atoms with Crippen LogP contribution in [0.4, 0.5) is 9.59 Å². The largest absolute Gasteiger partial charge is 0.444 e. The third-order valence-corrected chi connectivity index (χ3v) is 5.60. The number of nitrogens with one attached hydrogen (secondary N) is 1. The lowest BCUT2D eigenvalue weighted by atomic mass is 9.99. The predicted molar refractivity (Wildman–Crippen MR) is 111 cm³/mol. The summed E-state index contributed by atoms with van der Waals surface area (Å²) < 4.78 is 6.98. The molecule has 166 valence electrons. The first-order chi connectivity index (χ1) is 14.0. The Balaban J connectivity index is 1.57. The van der Waals surface area contributed by atoms with Crippen LogP contribution in [0.1, 0.15) is 59.0 Å². The van der Waals surface area contributed by atoms with Gasteiger partial charge in [-0.25, -0.2) is 14.6 Å². The molecule has 1 saturated heterocycles. The van der Waals surface area contributed by atoms with Crippen molar-refractivity contribution < 1.29 is 19.1 Å². The van der Waals surface area contributed by atoms with Crippen LogP contribution in [0.5, 0.6) is 0 Å². The smallest absolute Gasteiger partial charge is 0.408 e. The van der Waals surface area contributed by atoms with Gasteiger partial charge in [0.2, 0.25) is 5.91 Å². The van der Waals surface area contributed by atoms with Gasteiger partial charge >= 0.3 is 12.1 Å². The van der Waals surface area contributed by atoms with Crippen LogP contribution in [-0.4, -0.2) is 68.2 Å². The van der Waals surface area contributed by atoms with Crippen LogP contribution in [0.15, 0.2) is 6.20 Å². The lowest BCUT2D eigenvalue weighted by Gasteiger charge is -2.38. The highest BCUT2D eigenvalue weighted by molar-refractivity contribution is 5.86. The van der Waals surface area contributed by atoms with Crippen molar-refractivity contribution in [2.45, 2.75) is 78.6 Å². The molecule has 2 aliphatic heterocycles. The van der Waals surface area contributed by atoms with Crippen molar-refractivity contribution in [2.75, 3.05) is 13.1 Å². The number of hydrogen-bond acceptors (Lipinski definition) is 5. The van der Waals surface area contributed by atoms with Crippen molar-refractivity contribution in [1.82, 2.24) is 24.7 Å². The van der Waals surface area contributed by atoms with Gasteiger partial charge in [-0.3, -0.25) is 9.36 Å². The average molecular weight is 420 g/mol. The van der Waals surface area contributed by atoms with Crippen LogP contribution in [0, 0.1) is 12.8 Å². The minimum atomic E-state index is -0.640. The van der Waals surface area contributed by atoms with Gasteiger partial charge in [0.15, 0.2) is 0 Å². The molecule has 3 rings (SSSR count). The maximum Gasteiger partial charge on any atom is 0.408 e. The van der Waals surface area contributed by atoms with Crippen LogP contribution < -0.4 is 5.32 Å². The Bertz CT molecular complexity index is 818. The van der Waals surface area contributed by atoms with Gasteiger partial charge in [-0.05, 0) is 46.5 Å². The normalized spacial score (nSPS) is 18.6. The number of imidazole rings is 1. The van der Waals surface area contributed by atoms with Gasteiger partial charge < -0.3 is 19.9 Å². The molecule has 0 aliphatic carbocycles. The van der Waals surface area contributed by atoms with E-state index in [0.29, 0.717) is 38.3 Å². The number of hydrogen-bond donors (Lipinski definition) is 1. The first kappa shape index (κ1) is 22.1. The van der Waals surface area contributed by atoms with Gasteiger partial charge in [0.25, 0.3) is 0 Å². The fourth-order valence-corrected chi connectivity index (χ4v) is 4.06. The Kier molecular flexibility index (Phi) is 6.10. The van der Waals surface area contributed by atoms with Gasteiger partial charge in [0, 0.05) is 19.1 Å². The summed E-state index contributed by atoms with van der Waals surface area (Å²) in [6.45, 7) is 12.7. The molecule has 1 N–H and O–H groups in total. The van der Waals surface area contributed by atoms with Crippen molar-refractivity contribution in [1.29, 1.82) is 0 Å². The van der Waals surface area contributed by atoms with Crippen LogP contribution >= 0.6 is 0 Å². The van der Waals surface area contributed by atoms with E-state index in [-0.39, 0.29) is 23.9 Å². The molecular weight excluding hydrogens is 386 g/mol. The third kappa shape index (κ3) is 4.60. The highest BCUT2D eigenvalue weighted by Gasteiger charge is 2.38. The number of aromatic nitrogens is 2. The Hall–Kier alpha value is -2.58. The van der Waals surface area contributed by atoms with Crippen molar-refractivity contribution in [3.05, 3.63) is 17.7 Å². The zero-order valence-electron chi connectivity index (χ0n) is 18.8. The summed E-state index contributed by atoms with van der Waals surface area (Å²) in [7, 11) is 0. The molecule has 9 nitrogen and oxygen atoms in total. The Morgan fingerprint density at radius 3 is 2.40 bits per heavy atom. The fourth-order valence-electron chi connectivity index (χ4n) is 4.06. The Labute approximate surface area is 177 Å². The number of carbonyl (C=O) groups is 3. The molecule has 1 fully saturated rings. The van der Waals surface area contributed by atoms with Gasteiger partial charge in [-0.2, -0.15) is 0 Å². The highest BCUT2D eigenvalue weighted by Crippen LogP contribution is 2.26. The van der Waals surface area contributed by atoms with E-state index in [1.807, 2.05) is 25.7 Å². The zero-order valence-corrected chi connectivity index (χ0v) is 18.8. The van der Waals surface area contributed by atoms with Gasteiger partial charge in [-0.15, -0.1) is 0 Å². The minimum Gasteiger partial charge on any atom is -0.444 e. The summed E-state index contributed by atoms with van der Waals surface area (Å²) in [4.78, 5) is 45.9. The van der Waals surface area contributed by atoms with Gasteiger partial charge in [0.1, 0.15) is 17.5 Å². The molecule has 1 aromatic rings. The molecular formula is C21H33N5O4. The fraction of sp³-hybridized carbons (Fsp3) is 0.714. The molecule has 0 spiro atoms. The van der Waals surface area contributed by atoms with Crippen molar-refractivity contribution >= 4 is 18.0 Å². The van der Waals surface area contributed by atoms with E-state index < -0.39 is 17.7 Å². The number of likely N-dealkylation sites (tertiary alicyclic amines) is 1. The molecule has 0 radical (unpaired) electrons. The van der Waals surface area contributed by atoms with Gasteiger partial charge in [0.05, 0.1) is 18.4 Å². The topological polar surface area (TPSA) is 96.8 Å². The highest BCUT2D eigenvalue weighted by atomic mass is 16.6. The zero-order chi connectivity index (χ0) is 22.2. The lowest BCUT2D eigenvalue weighted by molar-refractivity contribution is -0.136. The molecule has 1 aromatic heterocycles. The van der Waals surface area contributed by atoms with E-state index in [2.05, 4.69) is 10.3 Å². The SMILES string of the molecule is Cc1ncc2n1C(=O)N(C1CCN(C(=O)C(NC(=O)OC(C)(C)C)C(C)C)CC1)C2. The predicted octanol–water partition coefficient (Wildman–Crippen LogP) is 2.52. The first-order valence-electron chi connectivity index (χ1n) is 10.6. The van der Waals surface area contributed by atoms with Crippen LogP contribution in [0.2, 0.25) is 0 Å². The number of ether oxygens (including phenoxy) is 1. The summed E-state index contributed by atoms with van der Waals surface area (Å²) in [6, 6.07) is -0.576.